The number of thiazole rings is 1. The molecule has 0 atom stereocenters. The minimum atomic E-state index is -0.535. The van der Waals surface area contributed by atoms with Crippen molar-refractivity contribution in [2.75, 3.05) is 10.6 Å². The number of nitrogens with zero attached hydrogens (tertiary/aromatic N) is 1. The van der Waals surface area contributed by atoms with Gasteiger partial charge in [-0.1, -0.05) is 39.0 Å². The number of halogens is 1. The SMILES string of the molecule is CC(C)(C)C(=O)Nc1cccc(C(=O)Nc2nc(-c3cccc(F)c3)cs2)c1. The molecule has 7 heteroatoms. The Morgan fingerprint density at radius 2 is 1.79 bits per heavy atom. The van der Waals surface area contributed by atoms with Gasteiger partial charge in [-0.2, -0.15) is 0 Å². The minimum Gasteiger partial charge on any atom is -0.326 e. The summed E-state index contributed by atoms with van der Waals surface area (Å²) in [5.74, 6) is -0.818. The Labute approximate surface area is 166 Å². The molecule has 0 fully saturated rings. The maximum absolute atomic E-state index is 13.4. The molecule has 0 saturated heterocycles. The number of rotatable bonds is 4. The van der Waals surface area contributed by atoms with Gasteiger partial charge in [0.15, 0.2) is 5.13 Å². The van der Waals surface area contributed by atoms with E-state index in [-0.39, 0.29) is 17.6 Å². The van der Waals surface area contributed by atoms with Crippen molar-refractivity contribution in [3.05, 3.63) is 65.3 Å². The van der Waals surface area contributed by atoms with E-state index in [0.29, 0.717) is 27.6 Å². The Morgan fingerprint density at radius 3 is 2.50 bits per heavy atom. The van der Waals surface area contributed by atoms with Gasteiger partial charge in [0.1, 0.15) is 5.82 Å². The molecule has 0 aliphatic rings. The van der Waals surface area contributed by atoms with E-state index in [1.165, 1.54) is 23.5 Å². The monoisotopic (exact) mass is 397 g/mol. The topological polar surface area (TPSA) is 71.1 Å². The Balaban J connectivity index is 1.72. The van der Waals surface area contributed by atoms with Crippen LogP contribution in [-0.4, -0.2) is 16.8 Å². The van der Waals surface area contributed by atoms with Gasteiger partial charge in [0.2, 0.25) is 5.91 Å². The summed E-state index contributed by atoms with van der Waals surface area (Å²) in [7, 11) is 0. The third kappa shape index (κ3) is 4.80. The highest BCUT2D eigenvalue weighted by Gasteiger charge is 2.21. The molecule has 2 amide bonds. The van der Waals surface area contributed by atoms with Crippen LogP contribution in [0.1, 0.15) is 31.1 Å². The molecule has 28 heavy (non-hydrogen) atoms. The first-order valence-corrected chi connectivity index (χ1v) is 9.55. The minimum absolute atomic E-state index is 0.135. The van der Waals surface area contributed by atoms with Crippen LogP contribution < -0.4 is 10.6 Å². The molecule has 3 rings (SSSR count). The van der Waals surface area contributed by atoms with Crippen LogP contribution in [0.5, 0.6) is 0 Å². The average molecular weight is 397 g/mol. The molecule has 2 N–H and O–H groups in total. The van der Waals surface area contributed by atoms with E-state index in [9.17, 15) is 14.0 Å². The Bertz CT molecular complexity index is 1020. The molecule has 0 unspecified atom stereocenters. The van der Waals surface area contributed by atoms with Gasteiger partial charge in [-0.05, 0) is 30.3 Å². The van der Waals surface area contributed by atoms with E-state index in [1.54, 1.807) is 41.8 Å². The van der Waals surface area contributed by atoms with Crippen molar-refractivity contribution in [1.82, 2.24) is 4.98 Å². The van der Waals surface area contributed by atoms with Gasteiger partial charge < -0.3 is 5.32 Å². The lowest BCUT2D eigenvalue weighted by Crippen LogP contribution is -2.27. The third-order valence-corrected chi connectivity index (χ3v) is 4.67. The fourth-order valence-electron chi connectivity index (χ4n) is 2.34. The van der Waals surface area contributed by atoms with Crippen molar-refractivity contribution in [2.45, 2.75) is 20.8 Å². The number of hydrogen-bond acceptors (Lipinski definition) is 4. The van der Waals surface area contributed by atoms with Gasteiger partial charge in [0.25, 0.3) is 5.91 Å². The van der Waals surface area contributed by atoms with Gasteiger partial charge in [0.05, 0.1) is 5.69 Å². The summed E-state index contributed by atoms with van der Waals surface area (Å²) in [6.45, 7) is 5.45. The van der Waals surface area contributed by atoms with Crippen LogP contribution >= 0.6 is 11.3 Å². The Kier molecular flexibility index (Phi) is 5.56. The van der Waals surface area contributed by atoms with Crippen molar-refractivity contribution in [3.63, 3.8) is 0 Å². The first kappa shape index (κ1) is 19.7. The predicted molar refractivity (Wildman–Crippen MR) is 110 cm³/mol. The molecule has 0 saturated carbocycles. The quantitative estimate of drug-likeness (QED) is 0.637. The van der Waals surface area contributed by atoms with Gasteiger partial charge in [0, 0.05) is 27.6 Å². The Hall–Kier alpha value is -3.06. The third-order valence-electron chi connectivity index (χ3n) is 3.91. The van der Waals surface area contributed by atoms with E-state index in [0.717, 1.165) is 0 Å². The number of nitrogens with one attached hydrogen (secondary N) is 2. The van der Waals surface area contributed by atoms with Crippen molar-refractivity contribution in [2.24, 2.45) is 5.41 Å². The number of anilines is 2. The molecule has 1 aromatic heterocycles. The zero-order chi connectivity index (χ0) is 20.3. The van der Waals surface area contributed by atoms with Crippen LogP contribution in [-0.2, 0) is 4.79 Å². The highest BCUT2D eigenvalue weighted by Crippen LogP contribution is 2.26. The zero-order valence-corrected chi connectivity index (χ0v) is 16.6. The summed E-state index contributed by atoms with van der Waals surface area (Å²) in [6.07, 6.45) is 0. The summed E-state index contributed by atoms with van der Waals surface area (Å²) < 4.78 is 13.4. The smallest absolute Gasteiger partial charge is 0.257 e. The number of benzene rings is 2. The molecular formula is C21H20FN3O2S. The van der Waals surface area contributed by atoms with Gasteiger partial charge >= 0.3 is 0 Å². The van der Waals surface area contributed by atoms with E-state index in [1.807, 2.05) is 20.8 Å². The molecule has 144 valence electrons. The van der Waals surface area contributed by atoms with Gasteiger partial charge in [-0.25, -0.2) is 9.37 Å². The second-order valence-corrected chi connectivity index (χ2v) is 8.15. The average Bonchev–Trinajstić information content (AvgIpc) is 3.09. The molecule has 5 nitrogen and oxygen atoms in total. The lowest BCUT2D eigenvalue weighted by molar-refractivity contribution is -0.123. The Morgan fingerprint density at radius 1 is 1.04 bits per heavy atom. The van der Waals surface area contributed by atoms with Crippen LogP contribution in [0.25, 0.3) is 11.3 Å². The van der Waals surface area contributed by atoms with Crippen molar-refractivity contribution < 1.29 is 14.0 Å². The summed E-state index contributed by atoms with van der Waals surface area (Å²) in [5, 5.41) is 7.71. The summed E-state index contributed by atoms with van der Waals surface area (Å²) in [5.41, 5.74) is 1.64. The van der Waals surface area contributed by atoms with Crippen LogP contribution in [0, 0.1) is 11.2 Å². The fraction of sp³-hybridized carbons (Fsp3) is 0.190. The highest BCUT2D eigenvalue weighted by atomic mass is 32.1. The summed E-state index contributed by atoms with van der Waals surface area (Å²) >= 11 is 1.26. The lowest BCUT2D eigenvalue weighted by Gasteiger charge is -2.17. The van der Waals surface area contributed by atoms with E-state index in [4.69, 9.17) is 0 Å². The molecule has 3 aromatic rings. The molecule has 1 heterocycles. The number of aromatic nitrogens is 1. The first-order valence-electron chi connectivity index (χ1n) is 8.67. The van der Waals surface area contributed by atoms with Crippen LogP contribution in [0.15, 0.2) is 53.9 Å². The molecular weight excluding hydrogens is 377 g/mol. The largest absolute Gasteiger partial charge is 0.326 e. The fourth-order valence-corrected chi connectivity index (χ4v) is 3.05. The highest BCUT2D eigenvalue weighted by molar-refractivity contribution is 7.14. The summed E-state index contributed by atoms with van der Waals surface area (Å²) in [4.78, 5) is 29.0. The van der Waals surface area contributed by atoms with Gasteiger partial charge in [-0.3, -0.25) is 14.9 Å². The molecule has 2 aromatic carbocycles. The van der Waals surface area contributed by atoms with Crippen LogP contribution in [0.3, 0.4) is 0 Å². The standard InChI is InChI=1S/C21H20FN3O2S/c1-21(2,3)19(27)23-16-9-5-7-14(11-16)18(26)25-20-24-17(12-28-20)13-6-4-8-15(22)10-13/h4-12H,1-3H3,(H,23,27)(H,24,25,26). The maximum atomic E-state index is 13.4. The van der Waals surface area contributed by atoms with E-state index >= 15 is 0 Å². The molecule has 0 bridgehead atoms. The molecule has 0 radical (unpaired) electrons. The molecule has 0 aliphatic carbocycles. The van der Waals surface area contributed by atoms with Crippen LogP contribution in [0.2, 0.25) is 0 Å². The molecule has 0 spiro atoms. The number of carbonyl (C=O) groups excluding carboxylic acids is 2. The maximum Gasteiger partial charge on any atom is 0.257 e. The zero-order valence-electron chi connectivity index (χ0n) is 15.7. The first-order chi connectivity index (χ1) is 13.2. The molecule has 0 aliphatic heterocycles. The number of amides is 2. The summed E-state index contributed by atoms with van der Waals surface area (Å²) in [6, 6.07) is 12.8. The van der Waals surface area contributed by atoms with Crippen LogP contribution in [0.4, 0.5) is 15.2 Å². The normalized spacial score (nSPS) is 11.1. The second-order valence-electron chi connectivity index (χ2n) is 7.29. The number of hydrogen-bond donors (Lipinski definition) is 2. The van der Waals surface area contributed by atoms with Gasteiger partial charge in [-0.15, -0.1) is 11.3 Å². The predicted octanol–water partition coefficient (Wildman–Crippen LogP) is 5.19. The number of carbonyl (C=O) groups is 2. The van der Waals surface area contributed by atoms with Crippen molar-refractivity contribution in [1.29, 1.82) is 0 Å². The van der Waals surface area contributed by atoms with E-state index < -0.39 is 5.41 Å². The van der Waals surface area contributed by atoms with Crippen molar-refractivity contribution in [3.8, 4) is 11.3 Å². The lowest BCUT2D eigenvalue weighted by atomic mass is 9.95. The van der Waals surface area contributed by atoms with Crippen molar-refractivity contribution >= 4 is 34.0 Å². The second kappa shape index (κ2) is 7.90. The van der Waals surface area contributed by atoms with E-state index in [2.05, 4.69) is 15.6 Å².